The first kappa shape index (κ1) is 21.7. The van der Waals surface area contributed by atoms with Crippen LogP contribution in [0.3, 0.4) is 0 Å². The topological polar surface area (TPSA) is 141 Å². The van der Waals surface area contributed by atoms with Gasteiger partial charge >= 0.3 is 6.18 Å². The summed E-state index contributed by atoms with van der Waals surface area (Å²) in [6, 6.07) is 2.09. The Bertz CT molecular complexity index is 939. The van der Waals surface area contributed by atoms with Crippen molar-refractivity contribution in [3.8, 4) is 11.4 Å². The Hall–Kier alpha value is -2.05. The van der Waals surface area contributed by atoms with E-state index in [4.69, 9.17) is 10.9 Å². The Morgan fingerprint density at radius 3 is 2.38 bits per heavy atom. The molecule has 1 aliphatic rings. The molecule has 0 saturated heterocycles. The van der Waals surface area contributed by atoms with Crippen LogP contribution in [0.5, 0.6) is 0 Å². The molecular weight excluding hydrogens is 409 g/mol. The van der Waals surface area contributed by atoms with Gasteiger partial charge in [-0.05, 0) is 73.7 Å². The van der Waals surface area contributed by atoms with Gasteiger partial charge in [-0.25, -0.2) is 13.6 Å². The second-order valence-corrected chi connectivity index (χ2v) is 8.83. The van der Waals surface area contributed by atoms with Crippen LogP contribution in [0, 0.1) is 5.92 Å². The summed E-state index contributed by atoms with van der Waals surface area (Å²) in [4.78, 5) is -1.01. The molecule has 0 spiro atoms. The highest BCUT2D eigenvalue weighted by Crippen LogP contribution is 2.45. The van der Waals surface area contributed by atoms with Crippen LogP contribution in [-0.2, 0) is 16.2 Å². The molecule has 0 aliphatic heterocycles. The number of rotatable bonds is 6. The lowest BCUT2D eigenvalue weighted by molar-refractivity contribution is -0.139. The second-order valence-electron chi connectivity index (χ2n) is 7.33. The fraction of sp³-hybridized carbons (Fsp3) is 0.588. The fourth-order valence-corrected chi connectivity index (χ4v) is 5.11. The lowest BCUT2D eigenvalue weighted by Gasteiger charge is -2.30. The van der Waals surface area contributed by atoms with Gasteiger partial charge in [0.2, 0.25) is 15.8 Å². The Kier molecular flexibility index (Phi) is 6.24. The molecular formula is C17H23F3N6O2S. The highest BCUT2D eigenvalue weighted by Gasteiger charge is 2.40. The van der Waals surface area contributed by atoms with Crippen molar-refractivity contribution in [3.63, 3.8) is 0 Å². The van der Waals surface area contributed by atoms with Crippen molar-refractivity contribution in [2.45, 2.75) is 55.5 Å². The summed E-state index contributed by atoms with van der Waals surface area (Å²) in [7, 11) is -4.71. The van der Waals surface area contributed by atoms with E-state index < -0.39 is 26.7 Å². The number of H-pyrrole nitrogens is 1. The summed E-state index contributed by atoms with van der Waals surface area (Å²) in [5.74, 6) is 0.163. The summed E-state index contributed by atoms with van der Waals surface area (Å²) in [5, 5.41) is 18.3. The molecule has 8 nitrogen and oxygen atoms in total. The molecule has 1 aromatic heterocycles. The first-order chi connectivity index (χ1) is 13.6. The van der Waals surface area contributed by atoms with Crippen LogP contribution < -0.4 is 10.9 Å². The monoisotopic (exact) mass is 432 g/mol. The third-order valence-electron chi connectivity index (χ3n) is 5.45. The van der Waals surface area contributed by atoms with Crippen LogP contribution in [-0.4, -0.2) is 35.6 Å². The molecule has 1 fully saturated rings. The number of hydrogen-bond acceptors (Lipinski definition) is 6. The number of sulfonamides is 1. The van der Waals surface area contributed by atoms with Crippen LogP contribution >= 0.6 is 0 Å². The predicted octanol–water partition coefficient (Wildman–Crippen LogP) is 2.55. The lowest BCUT2D eigenvalue weighted by Crippen LogP contribution is -2.22. The highest BCUT2D eigenvalue weighted by molar-refractivity contribution is 7.89. The number of primary sulfonamides is 1. The number of hydrogen-bond donors (Lipinski definition) is 3. The molecule has 0 atom stereocenters. The van der Waals surface area contributed by atoms with Crippen molar-refractivity contribution in [1.29, 1.82) is 0 Å². The maximum Gasteiger partial charge on any atom is 0.417 e. The number of nitrogens with two attached hydrogens (primary N) is 2. The van der Waals surface area contributed by atoms with Crippen LogP contribution in [0.2, 0.25) is 0 Å². The maximum absolute atomic E-state index is 13.5. The molecule has 1 aliphatic carbocycles. The van der Waals surface area contributed by atoms with Gasteiger partial charge in [0.25, 0.3) is 0 Å². The van der Waals surface area contributed by atoms with Gasteiger partial charge in [0, 0.05) is 5.56 Å². The fourth-order valence-electron chi connectivity index (χ4n) is 4.12. The molecule has 2 aromatic rings. The van der Waals surface area contributed by atoms with Gasteiger partial charge in [-0.1, -0.05) is 6.07 Å². The third-order valence-corrected chi connectivity index (χ3v) is 6.44. The Morgan fingerprint density at radius 1 is 1.17 bits per heavy atom. The number of alkyl halides is 3. The Morgan fingerprint density at radius 2 is 1.86 bits per heavy atom. The minimum absolute atomic E-state index is 0.125. The minimum Gasteiger partial charge on any atom is -0.330 e. The Labute approximate surface area is 166 Å². The van der Waals surface area contributed by atoms with Crippen molar-refractivity contribution in [2.24, 2.45) is 16.8 Å². The zero-order valence-electron chi connectivity index (χ0n) is 15.6. The van der Waals surface area contributed by atoms with Gasteiger partial charge in [-0.15, -0.1) is 10.2 Å². The molecule has 1 saturated carbocycles. The summed E-state index contributed by atoms with van der Waals surface area (Å²) in [5.41, 5.74) is 4.45. The van der Waals surface area contributed by atoms with Gasteiger partial charge in [-0.3, -0.25) is 0 Å². The third kappa shape index (κ3) is 4.75. The van der Waals surface area contributed by atoms with E-state index in [0.29, 0.717) is 18.0 Å². The number of tetrazole rings is 1. The largest absolute Gasteiger partial charge is 0.417 e. The molecule has 160 valence electrons. The lowest BCUT2D eigenvalue weighted by atomic mass is 9.76. The van der Waals surface area contributed by atoms with Crippen LogP contribution in [0.15, 0.2) is 17.0 Å². The summed E-state index contributed by atoms with van der Waals surface area (Å²) in [6.07, 6.45) is 0.253. The molecule has 5 N–H and O–H groups in total. The zero-order valence-corrected chi connectivity index (χ0v) is 16.4. The molecule has 12 heteroatoms. The number of aromatic nitrogens is 4. The first-order valence-electron chi connectivity index (χ1n) is 9.33. The van der Waals surface area contributed by atoms with E-state index in [9.17, 15) is 21.6 Å². The van der Waals surface area contributed by atoms with E-state index in [1.165, 1.54) is 6.07 Å². The van der Waals surface area contributed by atoms with Gasteiger partial charge in [0.05, 0.1) is 5.56 Å². The smallest absolute Gasteiger partial charge is 0.330 e. The summed E-state index contributed by atoms with van der Waals surface area (Å²) in [6.45, 7) is 0.624. The van der Waals surface area contributed by atoms with E-state index in [-0.39, 0.29) is 17.3 Å². The normalized spacial score (nSPS) is 20.7. The summed E-state index contributed by atoms with van der Waals surface area (Å²) >= 11 is 0. The molecule has 0 unspecified atom stereocenters. The van der Waals surface area contributed by atoms with Gasteiger partial charge in [0.1, 0.15) is 4.90 Å². The molecule has 0 amide bonds. The number of benzene rings is 1. The quantitative estimate of drug-likeness (QED) is 0.641. The van der Waals surface area contributed by atoms with E-state index in [1.807, 2.05) is 0 Å². The van der Waals surface area contributed by atoms with E-state index in [1.54, 1.807) is 0 Å². The number of halogens is 3. The van der Waals surface area contributed by atoms with Gasteiger partial charge < -0.3 is 5.73 Å². The highest BCUT2D eigenvalue weighted by atomic mass is 32.2. The minimum atomic E-state index is -4.90. The number of nitrogens with one attached hydrogen (secondary N) is 1. The molecule has 0 radical (unpaired) electrons. The van der Waals surface area contributed by atoms with Gasteiger partial charge in [0.15, 0.2) is 0 Å². The van der Waals surface area contributed by atoms with Crippen LogP contribution in [0.4, 0.5) is 13.2 Å². The van der Waals surface area contributed by atoms with E-state index in [2.05, 4.69) is 20.6 Å². The summed E-state index contributed by atoms with van der Waals surface area (Å²) < 4.78 is 65.1. The van der Waals surface area contributed by atoms with Crippen molar-refractivity contribution in [3.05, 3.63) is 23.3 Å². The van der Waals surface area contributed by atoms with Crippen molar-refractivity contribution < 1.29 is 21.6 Å². The molecule has 0 bridgehead atoms. The molecule has 29 heavy (non-hydrogen) atoms. The molecule has 1 heterocycles. The maximum atomic E-state index is 13.5. The van der Waals surface area contributed by atoms with Crippen molar-refractivity contribution >= 4 is 10.0 Å². The van der Waals surface area contributed by atoms with E-state index >= 15 is 0 Å². The standard InChI is InChI=1S/C17H23F3N6O2S/c18-17(19,20)13-8-7-12(11-5-3-10(4-6-11)2-1-9-21)14(15(13)29(22,27)28)16-23-25-26-24-16/h7-8,10-11H,1-6,9,21H2,(H2,22,27,28)(H,23,24,25,26). The van der Waals surface area contributed by atoms with Crippen molar-refractivity contribution in [2.75, 3.05) is 6.54 Å². The van der Waals surface area contributed by atoms with Gasteiger partial charge in [-0.2, -0.15) is 18.4 Å². The molecule has 3 rings (SSSR count). The SMILES string of the molecule is NCCCC1CCC(c2ccc(C(F)(F)F)c(S(N)(=O)=O)c2-c2nn[nH]n2)CC1. The molecule has 1 aromatic carbocycles. The Balaban J connectivity index is 2.09. The van der Waals surface area contributed by atoms with Crippen molar-refractivity contribution in [1.82, 2.24) is 20.6 Å². The predicted molar refractivity (Wildman–Crippen MR) is 99.0 cm³/mol. The average molecular weight is 432 g/mol. The number of aromatic amines is 1. The zero-order chi connectivity index (χ0) is 21.2. The van der Waals surface area contributed by atoms with Crippen LogP contribution in [0.1, 0.15) is 55.6 Å². The van der Waals surface area contributed by atoms with Crippen LogP contribution in [0.25, 0.3) is 11.4 Å². The average Bonchev–Trinajstić information content (AvgIpc) is 3.18. The first-order valence-corrected chi connectivity index (χ1v) is 10.9. The number of nitrogens with zero attached hydrogens (tertiary/aromatic N) is 3. The van der Waals surface area contributed by atoms with E-state index in [0.717, 1.165) is 44.6 Å². The second kappa shape index (κ2) is 8.36.